The number of benzene rings is 2. The number of hydrogen-bond donors (Lipinski definition) is 2. The van der Waals surface area contributed by atoms with Crippen LogP contribution >= 0.6 is 0 Å². The molecule has 2 amide bonds. The van der Waals surface area contributed by atoms with E-state index in [1.54, 1.807) is 18.2 Å². The molecular formula is C18H20N2O5. The molecule has 0 heterocycles. The lowest BCUT2D eigenvalue weighted by molar-refractivity contribution is -0.115. The Bertz CT molecular complexity index is 719. The molecule has 0 aliphatic heterocycles. The van der Waals surface area contributed by atoms with E-state index < -0.39 is 6.09 Å². The Hall–Kier alpha value is -3.22. The standard InChI is InChI=1S/C18H20N2O5/c1-23-15-9-8-14(10-16(15)24-2)20-17(21)11-19-18(22)25-12-13-6-4-3-5-7-13/h3-10H,11-12H2,1-2H3,(H,19,22)(H,20,21). The third-order valence-electron chi connectivity index (χ3n) is 3.27. The molecule has 0 aliphatic rings. The van der Waals surface area contributed by atoms with Gasteiger partial charge in [0, 0.05) is 11.8 Å². The van der Waals surface area contributed by atoms with Gasteiger partial charge < -0.3 is 24.8 Å². The minimum atomic E-state index is -0.661. The molecule has 0 fully saturated rings. The van der Waals surface area contributed by atoms with Gasteiger partial charge in [0.2, 0.25) is 5.91 Å². The second kappa shape index (κ2) is 9.17. The van der Waals surface area contributed by atoms with E-state index in [0.717, 1.165) is 5.56 Å². The topological polar surface area (TPSA) is 85.9 Å². The van der Waals surface area contributed by atoms with Crippen LogP contribution in [0.25, 0.3) is 0 Å². The van der Waals surface area contributed by atoms with Gasteiger partial charge in [-0.15, -0.1) is 0 Å². The first-order valence-electron chi connectivity index (χ1n) is 7.59. The van der Waals surface area contributed by atoms with Crippen LogP contribution < -0.4 is 20.1 Å². The maximum Gasteiger partial charge on any atom is 0.407 e. The summed E-state index contributed by atoms with van der Waals surface area (Å²) in [5, 5.41) is 5.05. The predicted molar refractivity (Wildman–Crippen MR) is 92.8 cm³/mol. The summed E-state index contributed by atoms with van der Waals surface area (Å²) in [5.41, 5.74) is 1.40. The molecule has 132 valence electrons. The molecule has 7 heteroatoms. The van der Waals surface area contributed by atoms with Crippen LogP contribution in [-0.2, 0) is 16.1 Å². The van der Waals surface area contributed by atoms with Crippen molar-refractivity contribution in [3.8, 4) is 11.5 Å². The first-order chi connectivity index (χ1) is 12.1. The Balaban J connectivity index is 1.77. The molecule has 2 aromatic rings. The molecule has 2 N–H and O–H groups in total. The van der Waals surface area contributed by atoms with Crippen LogP contribution in [0.4, 0.5) is 10.5 Å². The Morgan fingerprint density at radius 2 is 1.68 bits per heavy atom. The van der Waals surface area contributed by atoms with Crippen molar-refractivity contribution < 1.29 is 23.8 Å². The minimum Gasteiger partial charge on any atom is -0.493 e. The van der Waals surface area contributed by atoms with Gasteiger partial charge in [0.25, 0.3) is 0 Å². The zero-order valence-electron chi connectivity index (χ0n) is 14.1. The number of rotatable bonds is 7. The fourth-order valence-corrected chi connectivity index (χ4v) is 2.05. The first kappa shape index (κ1) is 18.1. The van der Waals surface area contributed by atoms with Gasteiger partial charge in [0.05, 0.1) is 14.2 Å². The van der Waals surface area contributed by atoms with Gasteiger partial charge in [-0.1, -0.05) is 30.3 Å². The highest BCUT2D eigenvalue weighted by Crippen LogP contribution is 2.29. The normalized spacial score (nSPS) is 9.84. The molecule has 0 spiro atoms. The van der Waals surface area contributed by atoms with Gasteiger partial charge in [-0.25, -0.2) is 4.79 Å². The van der Waals surface area contributed by atoms with E-state index >= 15 is 0 Å². The van der Waals surface area contributed by atoms with Crippen LogP contribution in [-0.4, -0.2) is 32.8 Å². The molecule has 2 rings (SSSR count). The van der Waals surface area contributed by atoms with E-state index in [-0.39, 0.29) is 19.1 Å². The Morgan fingerprint density at radius 3 is 2.36 bits per heavy atom. The maximum atomic E-state index is 11.9. The summed E-state index contributed by atoms with van der Waals surface area (Å²) >= 11 is 0. The molecule has 0 atom stereocenters. The number of methoxy groups -OCH3 is 2. The average molecular weight is 344 g/mol. The zero-order valence-corrected chi connectivity index (χ0v) is 14.1. The van der Waals surface area contributed by atoms with Crippen molar-refractivity contribution in [2.24, 2.45) is 0 Å². The van der Waals surface area contributed by atoms with Crippen molar-refractivity contribution >= 4 is 17.7 Å². The molecule has 7 nitrogen and oxygen atoms in total. The highest BCUT2D eigenvalue weighted by Gasteiger charge is 2.09. The summed E-state index contributed by atoms with van der Waals surface area (Å²) in [6, 6.07) is 14.3. The largest absolute Gasteiger partial charge is 0.493 e. The highest BCUT2D eigenvalue weighted by molar-refractivity contribution is 5.94. The molecule has 0 aliphatic carbocycles. The van der Waals surface area contributed by atoms with Gasteiger partial charge in [0.1, 0.15) is 13.2 Å². The third kappa shape index (κ3) is 5.72. The fourth-order valence-electron chi connectivity index (χ4n) is 2.05. The number of hydrogen-bond acceptors (Lipinski definition) is 5. The van der Waals surface area contributed by atoms with Crippen molar-refractivity contribution in [2.45, 2.75) is 6.61 Å². The van der Waals surface area contributed by atoms with E-state index in [0.29, 0.717) is 17.2 Å². The number of alkyl carbamates (subject to hydrolysis) is 1. The molecule has 0 saturated heterocycles. The SMILES string of the molecule is COc1ccc(NC(=O)CNC(=O)OCc2ccccc2)cc1OC. The van der Waals surface area contributed by atoms with E-state index in [4.69, 9.17) is 14.2 Å². The van der Waals surface area contributed by atoms with Gasteiger partial charge in [0.15, 0.2) is 11.5 Å². The van der Waals surface area contributed by atoms with Crippen molar-refractivity contribution in [3.05, 3.63) is 54.1 Å². The monoisotopic (exact) mass is 344 g/mol. The molecule has 2 aromatic carbocycles. The second-order valence-corrected chi connectivity index (χ2v) is 5.03. The third-order valence-corrected chi connectivity index (χ3v) is 3.27. The lowest BCUT2D eigenvalue weighted by Crippen LogP contribution is -2.33. The predicted octanol–water partition coefficient (Wildman–Crippen LogP) is 2.57. The van der Waals surface area contributed by atoms with Crippen molar-refractivity contribution in [1.29, 1.82) is 0 Å². The lowest BCUT2D eigenvalue weighted by atomic mass is 10.2. The summed E-state index contributed by atoms with van der Waals surface area (Å²) in [6.45, 7) is -0.0636. The van der Waals surface area contributed by atoms with E-state index in [1.165, 1.54) is 14.2 Å². The van der Waals surface area contributed by atoms with Gasteiger partial charge >= 0.3 is 6.09 Å². The van der Waals surface area contributed by atoms with Crippen LogP contribution in [0.2, 0.25) is 0 Å². The smallest absolute Gasteiger partial charge is 0.407 e. The van der Waals surface area contributed by atoms with Crippen molar-refractivity contribution in [2.75, 3.05) is 26.1 Å². The second-order valence-electron chi connectivity index (χ2n) is 5.03. The summed E-state index contributed by atoms with van der Waals surface area (Å²) in [6.07, 6.45) is -0.661. The average Bonchev–Trinajstić information content (AvgIpc) is 2.65. The fraction of sp³-hybridized carbons (Fsp3) is 0.222. The van der Waals surface area contributed by atoms with Crippen LogP contribution in [0.3, 0.4) is 0 Å². The van der Waals surface area contributed by atoms with E-state index in [9.17, 15) is 9.59 Å². The number of carbonyl (C=O) groups excluding carboxylic acids is 2. The van der Waals surface area contributed by atoms with Gasteiger partial charge in [-0.2, -0.15) is 0 Å². The summed E-state index contributed by atoms with van der Waals surface area (Å²) in [5.74, 6) is 0.669. The number of carbonyl (C=O) groups is 2. The van der Waals surface area contributed by atoms with Crippen LogP contribution in [0.15, 0.2) is 48.5 Å². The molecule has 0 radical (unpaired) electrons. The zero-order chi connectivity index (χ0) is 18.1. The molecule has 0 bridgehead atoms. The maximum absolute atomic E-state index is 11.9. The molecule has 25 heavy (non-hydrogen) atoms. The van der Waals surface area contributed by atoms with Crippen LogP contribution in [0.5, 0.6) is 11.5 Å². The minimum absolute atomic E-state index is 0.143. The van der Waals surface area contributed by atoms with Crippen LogP contribution in [0.1, 0.15) is 5.56 Å². The Morgan fingerprint density at radius 1 is 0.960 bits per heavy atom. The quantitative estimate of drug-likeness (QED) is 0.806. The molecule has 0 saturated carbocycles. The molecular weight excluding hydrogens is 324 g/mol. The number of amides is 2. The number of anilines is 1. The van der Waals surface area contributed by atoms with E-state index in [1.807, 2.05) is 30.3 Å². The molecule has 0 unspecified atom stereocenters. The summed E-state index contributed by atoms with van der Waals surface area (Å²) in [7, 11) is 3.04. The number of ether oxygens (including phenoxy) is 3. The summed E-state index contributed by atoms with van der Waals surface area (Å²) in [4.78, 5) is 23.5. The van der Waals surface area contributed by atoms with Crippen molar-refractivity contribution in [1.82, 2.24) is 5.32 Å². The van der Waals surface area contributed by atoms with Crippen LogP contribution in [0, 0.1) is 0 Å². The Kier molecular flexibility index (Phi) is 6.65. The first-order valence-corrected chi connectivity index (χ1v) is 7.59. The summed E-state index contributed by atoms with van der Waals surface area (Å²) < 4.78 is 15.3. The highest BCUT2D eigenvalue weighted by atomic mass is 16.5. The molecule has 0 aromatic heterocycles. The van der Waals surface area contributed by atoms with Gasteiger partial charge in [-0.05, 0) is 17.7 Å². The lowest BCUT2D eigenvalue weighted by Gasteiger charge is -2.11. The Labute approximate surface area is 145 Å². The van der Waals surface area contributed by atoms with Crippen molar-refractivity contribution in [3.63, 3.8) is 0 Å². The van der Waals surface area contributed by atoms with Gasteiger partial charge in [-0.3, -0.25) is 4.79 Å². The number of nitrogens with one attached hydrogen (secondary N) is 2. The van der Waals surface area contributed by atoms with E-state index in [2.05, 4.69) is 10.6 Å².